The molecule has 5 heteroatoms. The Hall–Kier alpha value is -1.59. The van der Waals surface area contributed by atoms with Gasteiger partial charge in [-0.2, -0.15) is 0 Å². The lowest BCUT2D eigenvalue weighted by Crippen LogP contribution is -2.50. The van der Waals surface area contributed by atoms with E-state index in [0.29, 0.717) is 19.8 Å². The molecule has 1 saturated heterocycles. The van der Waals surface area contributed by atoms with E-state index in [4.69, 9.17) is 15.2 Å². The highest BCUT2D eigenvalue weighted by Crippen LogP contribution is 2.24. The van der Waals surface area contributed by atoms with Crippen LogP contribution in [0.25, 0.3) is 0 Å². The zero-order chi connectivity index (χ0) is 13.7. The van der Waals surface area contributed by atoms with E-state index in [0.717, 1.165) is 17.9 Å². The molecule has 1 aliphatic rings. The maximum absolute atomic E-state index is 12.0. The number of hydrogen-bond acceptors (Lipinski definition) is 4. The van der Waals surface area contributed by atoms with Gasteiger partial charge in [0.05, 0.1) is 19.3 Å². The van der Waals surface area contributed by atoms with Crippen molar-refractivity contribution >= 4 is 11.6 Å². The summed E-state index contributed by atoms with van der Waals surface area (Å²) in [7, 11) is 0. The van der Waals surface area contributed by atoms with Crippen LogP contribution in [0.2, 0.25) is 0 Å². The summed E-state index contributed by atoms with van der Waals surface area (Å²) in [6.07, 6.45) is 0.735. The Morgan fingerprint density at radius 3 is 2.79 bits per heavy atom. The second kappa shape index (κ2) is 6.54. The van der Waals surface area contributed by atoms with Gasteiger partial charge in [-0.3, -0.25) is 4.79 Å². The molecule has 5 nitrogen and oxygen atoms in total. The molecular weight excluding hydrogens is 244 g/mol. The number of amides is 1. The van der Waals surface area contributed by atoms with Crippen molar-refractivity contribution in [3.63, 3.8) is 0 Å². The molecule has 1 fully saturated rings. The highest BCUT2D eigenvalue weighted by molar-refractivity contribution is 5.95. The van der Waals surface area contributed by atoms with E-state index in [9.17, 15) is 4.79 Å². The third kappa shape index (κ3) is 3.24. The van der Waals surface area contributed by atoms with E-state index in [1.807, 2.05) is 31.2 Å². The van der Waals surface area contributed by atoms with Gasteiger partial charge in [0.2, 0.25) is 0 Å². The molecule has 0 saturated carbocycles. The van der Waals surface area contributed by atoms with Crippen LogP contribution in [0, 0.1) is 0 Å². The molecule has 1 unspecified atom stereocenters. The van der Waals surface area contributed by atoms with Crippen LogP contribution in [0.4, 0.5) is 5.69 Å². The molecule has 1 atom stereocenters. The largest absolute Gasteiger partial charge is 0.494 e. The average Bonchev–Trinajstić information content (AvgIpc) is 2.41. The zero-order valence-electron chi connectivity index (χ0n) is 11.2. The van der Waals surface area contributed by atoms with Gasteiger partial charge in [-0.05, 0) is 44.2 Å². The molecule has 0 aromatic heterocycles. The Balaban J connectivity index is 2.18. The minimum Gasteiger partial charge on any atom is -0.494 e. The van der Waals surface area contributed by atoms with Crippen LogP contribution in [-0.2, 0) is 9.53 Å². The van der Waals surface area contributed by atoms with Crippen LogP contribution < -0.4 is 15.4 Å². The molecule has 0 aliphatic carbocycles. The summed E-state index contributed by atoms with van der Waals surface area (Å²) in [5.41, 5.74) is 6.47. The molecule has 1 aromatic rings. The third-order valence-corrected chi connectivity index (χ3v) is 3.10. The summed E-state index contributed by atoms with van der Waals surface area (Å²) in [6.45, 7) is 3.78. The average molecular weight is 264 g/mol. The minimum absolute atomic E-state index is 0.0178. The van der Waals surface area contributed by atoms with Gasteiger partial charge in [-0.15, -0.1) is 0 Å². The van der Waals surface area contributed by atoms with Crippen molar-refractivity contribution in [2.75, 3.05) is 31.3 Å². The smallest absolute Gasteiger partial charge is 0.253 e. The molecule has 1 aliphatic heterocycles. The molecule has 1 aromatic carbocycles. The van der Waals surface area contributed by atoms with Gasteiger partial charge in [0.1, 0.15) is 12.4 Å². The highest BCUT2D eigenvalue weighted by Gasteiger charge is 2.29. The molecular formula is C14H20N2O3. The van der Waals surface area contributed by atoms with E-state index in [-0.39, 0.29) is 18.6 Å². The first-order valence-electron chi connectivity index (χ1n) is 6.59. The lowest BCUT2D eigenvalue weighted by atomic mass is 10.1. The molecule has 1 heterocycles. The normalized spacial score (nSPS) is 19.6. The van der Waals surface area contributed by atoms with Gasteiger partial charge in [0.15, 0.2) is 0 Å². The molecule has 19 heavy (non-hydrogen) atoms. The lowest BCUT2D eigenvalue weighted by molar-refractivity contribution is -0.127. The first-order valence-corrected chi connectivity index (χ1v) is 6.59. The van der Waals surface area contributed by atoms with Crippen molar-refractivity contribution < 1.29 is 14.3 Å². The minimum atomic E-state index is -0.0196. The fraction of sp³-hybridized carbons (Fsp3) is 0.500. The monoisotopic (exact) mass is 264 g/mol. The Morgan fingerprint density at radius 2 is 2.16 bits per heavy atom. The van der Waals surface area contributed by atoms with Crippen LogP contribution >= 0.6 is 0 Å². The summed E-state index contributed by atoms with van der Waals surface area (Å²) in [5, 5.41) is 0. The Kier molecular flexibility index (Phi) is 4.76. The number of ether oxygens (including phenoxy) is 2. The summed E-state index contributed by atoms with van der Waals surface area (Å²) in [4.78, 5) is 13.8. The maximum Gasteiger partial charge on any atom is 0.253 e. The predicted molar refractivity (Wildman–Crippen MR) is 73.4 cm³/mol. The van der Waals surface area contributed by atoms with Crippen molar-refractivity contribution in [2.45, 2.75) is 19.4 Å². The first-order chi connectivity index (χ1) is 9.26. The molecule has 0 radical (unpaired) electrons. The topological polar surface area (TPSA) is 64.8 Å². The molecule has 2 N–H and O–H groups in total. The fourth-order valence-electron chi connectivity index (χ4n) is 2.26. The van der Waals surface area contributed by atoms with Gasteiger partial charge < -0.3 is 20.1 Å². The molecule has 2 rings (SSSR count). The van der Waals surface area contributed by atoms with Crippen molar-refractivity contribution in [3.8, 4) is 5.75 Å². The summed E-state index contributed by atoms with van der Waals surface area (Å²) in [5.74, 6) is 0.788. The number of rotatable bonds is 5. The molecule has 1 amide bonds. The van der Waals surface area contributed by atoms with E-state index < -0.39 is 0 Å². The Labute approximate surface area is 113 Å². The summed E-state index contributed by atoms with van der Waals surface area (Å²) >= 11 is 0. The van der Waals surface area contributed by atoms with Gasteiger partial charge in [0.25, 0.3) is 5.91 Å². The second-order valence-electron chi connectivity index (χ2n) is 4.44. The van der Waals surface area contributed by atoms with E-state index >= 15 is 0 Å². The molecule has 0 bridgehead atoms. The maximum atomic E-state index is 12.0. The van der Waals surface area contributed by atoms with Crippen molar-refractivity contribution in [1.29, 1.82) is 0 Å². The van der Waals surface area contributed by atoms with E-state index in [1.165, 1.54) is 0 Å². The predicted octanol–water partition coefficient (Wildman–Crippen LogP) is 1.17. The molecule has 104 valence electrons. The van der Waals surface area contributed by atoms with Crippen LogP contribution in [0.5, 0.6) is 5.75 Å². The van der Waals surface area contributed by atoms with Crippen LogP contribution in [0.3, 0.4) is 0 Å². The Bertz CT molecular complexity index is 417. The number of nitrogens with zero attached hydrogens (tertiary/aromatic N) is 1. The zero-order valence-corrected chi connectivity index (χ0v) is 11.2. The van der Waals surface area contributed by atoms with Crippen molar-refractivity contribution in [1.82, 2.24) is 0 Å². The highest BCUT2D eigenvalue weighted by atomic mass is 16.5. The number of morpholine rings is 1. The van der Waals surface area contributed by atoms with Crippen LogP contribution in [-0.4, -0.2) is 38.3 Å². The van der Waals surface area contributed by atoms with Gasteiger partial charge in [-0.25, -0.2) is 0 Å². The van der Waals surface area contributed by atoms with E-state index in [2.05, 4.69) is 0 Å². The van der Waals surface area contributed by atoms with Gasteiger partial charge in [0, 0.05) is 5.69 Å². The van der Waals surface area contributed by atoms with Gasteiger partial charge >= 0.3 is 0 Å². The first kappa shape index (κ1) is 13.8. The number of anilines is 1. The quantitative estimate of drug-likeness (QED) is 0.867. The summed E-state index contributed by atoms with van der Waals surface area (Å²) in [6, 6.07) is 7.57. The van der Waals surface area contributed by atoms with Crippen molar-refractivity contribution in [2.24, 2.45) is 5.73 Å². The number of nitrogens with two attached hydrogens (primary N) is 1. The van der Waals surface area contributed by atoms with Crippen molar-refractivity contribution in [3.05, 3.63) is 24.3 Å². The number of carbonyl (C=O) groups excluding carboxylic acids is 1. The number of hydrogen-bond donors (Lipinski definition) is 1. The van der Waals surface area contributed by atoms with Gasteiger partial charge in [-0.1, -0.05) is 0 Å². The van der Waals surface area contributed by atoms with E-state index in [1.54, 1.807) is 4.90 Å². The van der Waals surface area contributed by atoms with Crippen LogP contribution in [0.1, 0.15) is 13.3 Å². The Morgan fingerprint density at radius 1 is 1.42 bits per heavy atom. The number of benzene rings is 1. The van der Waals surface area contributed by atoms with Crippen LogP contribution in [0.15, 0.2) is 24.3 Å². The second-order valence-corrected chi connectivity index (χ2v) is 4.44. The number of carbonyl (C=O) groups is 1. The SMILES string of the molecule is CCOc1ccc(N2C(=O)COCC2CCN)cc1. The lowest BCUT2D eigenvalue weighted by Gasteiger charge is -2.35. The third-order valence-electron chi connectivity index (χ3n) is 3.10. The fourth-order valence-corrected chi connectivity index (χ4v) is 2.26. The molecule has 0 spiro atoms. The standard InChI is InChI=1S/C14H20N2O3/c1-2-19-13-5-3-11(4-6-13)16-12(7-8-15)9-18-10-14(16)17/h3-6,12H,2,7-10,15H2,1H3. The summed E-state index contributed by atoms with van der Waals surface area (Å²) < 4.78 is 10.7.